The largest absolute Gasteiger partial charge is 0.311 e. The fourth-order valence-electron chi connectivity index (χ4n) is 1.40. The predicted octanol–water partition coefficient (Wildman–Crippen LogP) is 4.63. The molecule has 0 N–H and O–H groups in total. The zero-order chi connectivity index (χ0) is 12.5. The average Bonchev–Trinajstić information content (AvgIpc) is 2.38. The fraction of sp³-hybridized carbons (Fsp3) is 0.200. The molecule has 0 heterocycles. The van der Waals surface area contributed by atoms with Gasteiger partial charge in [0.1, 0.15) is 0 Å². The van der Waals surface area contributed by atoms with Crippen LogP contribution in [0.4, 0.5) is 0 Å². The smallest absolute Gasteiger partial charge is 0.0864 e. The van der Waals surface area contributed by atoms with E-state index >= 15 is 0 Å². The molecule has 1 nitrogen and oxygen atoms in total. The molecule has 17 heavy (non-hydrogen) atoms. The molecule has 0 unspecified atom stereocenters. The summed E-state index contributed by atoms with van der Waals surface area (Å²) in [6.45, 7) is 6.47. The molecule has 0 radical (unpaired) electrons. The Morgan fingerprint density at radius 2 is 2.06 bits per heavy atom. The van der Waals surface area contributed by atoms with E-state index in [1.807, 2.05) is 31.4 Å². The Bertz CT molecular complexity index is 401. The third-order valence-corrected chi connectivity index (χ3v) is 2.67. The fourth-order valence-corrected chi connectivity index (χ4v) is 1.66. The Labute approximate surface area is 108 Å². The van der Waals surface area contributed by atoms with Crippen LogP contribution >= 0.6 is 12.0 Å². The molecule has 1 rings (SSSR count). The van der Waals surface area contributed by atoms with Crippen LogP contribution in [0.2, 0.25) is 0 Å². The van der Waals surface area contributed by atoms with Crippen LogP contribution in [-0.2, 0) is 10.8 Å². The summed E-state index contributed by atoms with van der Waals surface area (Å²) in [6, 6.07) is 8.35. The maximum absolute atomic E-state index is 5.28. The molecule has 90 valence electrons. The van der Waals surface area contributed by atoms with E-state index in [4.69, 9.17) is 4.18 Å². The van der Waals surface area contributed by atoms with Gasteiger partial charge in [-0.1, -0.05) is 55.1 Å². The molecule has 0 spiro atoms. The van der Waals surface area contributed by atoms with E-state index in [9.17, 15) is 0 Å². The van der Waals surface area contributed by atoms with E-state index in [-0.39, 0.29) is 0 Å². The number of allylic oxidation sites excluding steroid dienone is 5. The normalized spacial score (nSPS) is 12.0. The molecule has 0 aliphatic heterocycles. The number of benzene rings is 1. The molecule has 0 amide bonds. The summed E-state index contributed by atoms with van der Waals surface area (Å²) < 4.78 is 5.28. The third-order valence-electron chi connectivity index (χ3n) is 2.32. The van der Waals surface area contributed by atoms with Crippen molar-refractivity contribution in [3.8, 4) is 0 Å². The summed E-state index contributed by atoms with van der Waals surface area (Å²) >= 11 is 1.39. The molecule has 0 bridgehead atoms. The van der Waals surface area contributed by atoms with Crippen molar-refractivity contribution < 1.29 is 4.18 Å². The van der Waals surface area contributed by atoms with Gasteiger partial charge in [0.25, 0.3) is 0 Å². The molecule has 0 saturated carbocycles. The summed E-state index contributed by atoms with van der Waals surface area (Å²) in [5, 5.41) is 0. The van der Waals surface area contributed by atoms with Crippen molar-refractivity contribution >= 4 is 17.6 Å². The Morgan fingerprint density at radius 1 is 1.35 bits per heavy atom. The Morgan fingerprint density at radius 3 is 2.59 bits per heavy atom. The highest BCUT2D eigenvalue weighted by Crippen LogP contribution is 2.17. The van der Waals surface area contributed by atoms with Gasteiger partial charge in [0, 0.05) is 6.26 Å². The van der Waals surface area contributed by atoms with E-state index in [1.165, 1.54) is 23.2 Å². The lowest BCUT2D eigenvalue weighted by atomic mass is 10.0. The van der Waals surface area contributed by atoms with E-state index in [0.717, 1.165) is 5.57 Å². The van der Waals surface area contributed by atoms with Gasteiger partial charge in [-0.15, -0.1) is 0 Å². The number of hydrogen-bond donors (Lipinski definition) is 0. The molecule has 0 aliphatic carbocycles. The van der Waals surface area contributed by atoms with E-state index < -0.39 is 0 Å². The van der Waals surface area contributed by atoms with Gasteiger partial charge in [-0.3, -0.25) is 0 Å². The van der Waals surface area contributed by atoms with Crippen LogP contribution < -0.4 is 0 Å². The molecule has 0 saturated heterocycles. The van der Waals surface area contributed by atoms with Crippen LogP contribution in [-0.4, -0.2) is 6.26 Å². The minimum atomic E-state index is 0.642. The lowest BCUT2D eigenvalue weighted by Gasteiger charge is -2.04. The van der Waals surface area contributed by atoms with Gasteiger partial charge in [0.05, 0.1) is 6.61 Å². The van der Waals surface area contributed by atoms with Crippen LogP contribution in [0.25, 0.3) is 5.57 Å². The summed E-state index contributed by atoms with van der Waals surface area (Å²) in [6.07, 6.45) is 9.86. The van der Waals surface area contributed by atoms with Crippen molar-refractivity contribution in [2.24, 2.45) is 0 Å². The first kappa shape index (κ1) is 13.8. The first-order valence-electron chi connectivity index (χ1n) is 5.52. The Kier molecular flexibility index (Phi) is 6.45. The van der Waals surface area contributed by atoms with Crippen LogP contribution in [0.1, 0.15) is 18.1 Å². The van der Waals surface area contributed by atoms with Crippen molar-refractivity contribution in [1.82, 2.24) is 0 Å². The van der Waals surface area contributed by atoms with Crippen molar-refractivity contribution in [3.05, 3.63) is 66.3 Å². The second-order valence-corrected chi connectivity index (χ2v) is 4.05. The summed E-state index contributed by atoms with van der Waals surface area (Å²) in [4.78, 5) is 0. The van der Waals surface area contributed by atoms with Crippen LogP contribution in [0.3, 0.4) is 0 Å². The third kappa shape index (κ3) is 4.63. The van der Waals surface area contributed by atoms with Gasteiger partial charge in [-0.2, -0.15) is 0 Å². The highest BCUT2D eigenvalue weighted by molar-refractivity contribution is 7.93. The van der Waals surface area contributed by atoms with E-state index in [2.05, 4.69) is 36.9 Å². The van der Waals surface area contributed by atoms with Crippen molar-refractivity contribution in [3.63, 3.8) is 0 Å². The summed E-state index contributed by atoms with van der Waals surface area (Å²) in [7, 11) is 0. The maximum Gasteiger partial charge on any atom is 0.0864 e. The molecule has 2 heteroatoms. The SMILES string of the molecule is C=C/C(=C\C=C/C)c1ccc(COSC)cc1. The quantitative estimate of drug-likeness (QED) is 0.535. The minimum absolute atomic E-state index is 0.642. The number of rotatable bonds is 6. The molecule has 1 aromatic carbocycles. The second-order valence-electron chi connectivity index (χ2n) is 3.48. The molecular weight excluding hydrogens is 228 g/mol. The zero-order valence-corrected chi connectivity index (χ0v) is 11.2. The molecule has 0 atom stereocenters. The van der Waals surface area contributed by atoms with Crippen molar-refractivity contribution in [1.29, 1.82) is 0 Å². The molecule has 0 aromatic heterocycles. The zero-order valence-electron chi connectivity index (χ0n) is 10.3. The minimum Gasteiger partial charge on any atom is -0.311 e. The van der Waals surface area contributed by atoms with Crippen LogP contribution in [0.15, 0.2) is 55.1 Å². The predicted molar refractivity (Wildman–Crippen MR) is 77.7 cm³/mol. The monoisotopic (exact) mass is 246 g/mol. The molecule has 0 aliphatic rings. The Hall–Kier alpha value is -1.25. The number of hydrogen-bond acceptors (Lipinski definition) is 2. The summed E-state index contributed by atoms with van der Waals surface area (Å²) in [5.74, 6) is 0. The van der Waals surface area contributed by atoms with Gasteiger partial charge >= 0.3 is 0 Å². The van der Waals surface area contributed by atoms with E-state index in [1.54, 1.807) is 0 Å². The van der Waals surface area contributed by atoms with Gasteiger partial charge in [0.15, 0.2) is 0 Å². The summed E-state index contributed by atoms with van der Waals surface area (Å²) in [5.41, 5.74) is 3.48. The van der Waals surface area contributed by atoms with Gasteiger partial charge < -0.3 is 4.18 Å². The highest BCUT2D eigenvalue weighted by atomic mass is 32.2. The highest BCUT2D eigenvalue weighted by Gasteiger charge is 1.97. The first-order valence-corrected chi connectivity index (χ1v) is 6.67. The molecular formula is C15H18OS. The topological polar surface area (TPSA) is 9.23 Å². The van der Waals surface area contributed by atoms with Crippen LogP contribution in [0, 0.1) is 0 Å². The lowest BCUT2D eigenvalue weighted by Crippen LogP contribution is -1.87. The van der Waals surface area contributed by atoms with Crippen LogP contribution in [0.5, 0.6) is 0 Å². The standard InChI is InChI=1S/C15H18OS/c1-4-6-7-14(5-2)15-10-8-13(9-11-15)12-16-17-3/h4-11H,2,12H2,1,3H3/b6-4-,14-7+. The van der Waals surface area contributed by atoms with Gasteiger partial charge in [-0.25, -0.2) is 0 Å². The van der Waals surface area contributed by atoms with Gasteiger partial charge in [-0.05, 0) is 35.7 Å². The van der Waals surface area contributed by atoms with Gasteiger partial charge in [0.2, 0.25) is 0 Å². The second kappa shape index (κ2) is 7.93. The Balaban J connectivity index is 2.81. The van der Waals surface area contributed by atoms with E-state index in [0.29, 0.717) is 6.61 Å². The van der Waals surface area contributed by atoms with Crippen molar-refractivity contribution in [2.45, 2.75) is 13.5 Å². The molecule has 0 fully saturated rings. The first-order chi connectivity index (χ1) is 8.31. The lowest BCUT2D eigenvalue weighted by molar-refractivity contribution is 0.366. The maximum atomic E-state index is 5.28. The average molecular weight is 246 g/mol. The van der Waals surface area contributed by atoms with Crippen molar-refractivity contribution in [2.75, 3.05) is 6.26 Å². The molecule has 1 aromatic rings.